The van der Waals surface area contributed by atoms with E-state index < -0.39 is 5.82 Å². The van der Waals surface area contributed by atoms with Crippen LogP contribution in [0.15, 0.2) is 17.1 Å². The normalized spacial score (nSPS) is 18.4. The smallest absolute Gasteiger partial charge is 0.240 e. The van der Waals surface area contributed by atoms with Gasteiger partial charge in [-0.1, -0.05) is 0 Å². The van der Waals surface area contributed by atoms with Crippen molar-refractivity contribution < 1.29 is 18.7 Å². The van der Waals surface area contributed by atoms with Crippen LogP contribution in [-0.4, -0.2) is 18.0 Å². The maximum absolute atomic E-state index is 13.4. The van der Waals surface area contributed by atoms with Gasteiger partial charge < -0.3 is 4.74 Å². The molecule has 1 unspecified atom stereocenters. The van der Waals surface area contributed by atoms with E-state index in [9.17, 15) is 14.0 Å². The van der Waals surface area contributed by atoms with E-state index in [4.69, 9.17) is 4.74 Å². The van der Waals surface area contributed by atoms with Gasteiger partial charge in [0.15, 0.2) is 11.6 Å². The third kappa shape index (κ3) is 1.73. The Kier molecular flexibility index (Phi) is 2.54. The highest BCUT2D eigenvalue weighted by atomic mass is 19.1. The van der Waals surface area contributed by atoms with E-state index in [2.05, 4.69) is 4.99 Å². The molecule has 0 aliphatic carbocycles. The molecule has 1 aromatic rings. The summed E-state index contributed by atoms with van der Waals surface area (Å²) in [6.07, 6.45) is 1.21. The van der Waals surface area contributed by atoms with E-state index in [0.29, 0.717) is 0 Å². The molecule has 1 aliphatic heterocycles. The van der Waals surface area contributed by atoms with Gasteiger partial charge in [0.25, 0.3) is 0 Å². The van der Waals surface area contributed by atoms with Crippen molar-refractivity contribution in [2.24, 2.45) is 4.99 Å². The molecule has 1 atom stereocenters. The van der Waals surface area contributed by atoms with Gasteiger partial charge in [0.2, 0.25) is 6.08 Å². The number of benzene rings is 1. The van der Waals surface area contributed by atoms with Crippen molar-refractivity contribution in [3.8, 4) is 5.75 Å². The van der Waals surface area contributed by atoms with Crippen molar-refractivity contribution in [2.45, 2.75) is 19.4 Å². The Hall–Kier alpha value is -2.00. The zero-order valence-electron chi connectivity index (χ0n) is 8.49. The Labute approximate surface area is 90.7 Å². The summed E-state index contributed by atoms with van der Waals surface area (Å²) in [4.78, 5) is 24.9. The Morgan fingerprint density at radius 2 is 2.31 bits per heavy atom. The van der Waals surface area contributed by atoms with Crippen molar-refractivity contribution in [1.82, 2.24) is 0 Å². The van der Waals surface area contributed by atoms with Gasteiger partial charge in [0.1, 0.15) is 17.5 Å². The Morgan fingerprint density at radius 3 is 3.00 bits per heavy atom. The summed E-state index contributed by atoms with van der Waals surface area (Å²) in [6.45, 7) is 1.73. The van der Waals surface area contributed by atoms with Crippen molar-refractivity contribution in [1.29, 1.82) is 0 Å². The number of isocyanates is 1. The number of rotatable bonds is 1. The SMILES string of the molecule is CC1CC(=O)c2cc(N=C=O)c(F)cc2O1. The summed E-state index contributed by atoms with van der Waals surface area (Å²) in [6, 6.07) is 2.28. The van der Waals surface area contributed by atoms with Gasteiger partial charge in [-0.25, -0.2) is 9.18 Å². The standard InChI is InChI=1S/C11H8FNO3/c1-6-2-10(15)7-3-9(13-5-14)8(12)4-11(7)16-6/h3-4,6H,2H2,1H3. The molecule has 1 aliphatic rings. The average molecular weight is 221 g/mol. The van der Waals surface area contributed by atoms with Crippen molar-refractivity contribution in [3.05, 3.63) is 23.5 Å². The highest BCUT2D eigenvalue weighted by molar-refractivity contribution is 6.00. The number of ether oxygens (including phenoxy) is 1. The molecule has 0 aromatic heterocycles. The molecule has 0 spiro atoms. The predicted molar refractivity (Wildman–Crippen MR) is 53.2 cm³/mol. The second-order valence-electron chi connectivity index (χ2n) is 3.56. The molecule has 0 amide bonds. The van der Waals surface area contributed by atoms with Gasteiger partial charge in [-0.2, -0.15) is 4.99 Å². The van der Waals surface area contributed by atoms with Crippen LogP contribution in [0.5, 0.6) is 5.75 Å². The van der Waals surface area contributed by atoms with Crippen LogP contribution in [0, 0.1) is 5.82 Å². The minimum absolute atomic E-state index is 0.143. The van der Waals surface area contributed by atoms with Gasteiger partial charge in [-0.15, -0.1) is 0 Å². The van der Waals surface area contributed by atoms with Crippen molar-refractivity contribution >= 4 is 17.6 Å². The molecule has 16 heavy (non-hydrogen) atoms. The molecule has 0 fully saturated rings. The van der Waals surface area contributed by atoms with Gasteiger partial charge in [0.05, 0.1) is 5.56 Å². The maximum Gasteiger partial charge on any atom is 0.240 e. The van der Waals surface area contributed by atoms with E-state index >= 15 is 0 Å². The van der Waals surface area contributed by atoms with Crippen LogP contribution in [0.1, 0.15) is 23.7 Å². The average Bonchev–Trinajstić information content (AvgIpc) is 2.20. The second-order valence-corrected chi connectivity index (χ2v) is 3.56. The number of fused-ring (bicyclic) bond motifs is 1. The van der Waals surface area contributed by atoms with Gasteiger partial charge in [-0.3, -0.25) is 4.79 Å². The van der Waals surface area contributed by atoms with Crippen molar-refractivity contribution in [2.75, 3.05) is 0 Å². The number of Topliss-reactive ketones (excluding diaryl/α,β-unsaturated/α-hetero) is 1. The lowest BCUT2D eigenvalue weighted by atomic mass is 10.0. The molecular formula is C11H8FNO3. The third-order valence-electron chi connectivity index (χ3n) is 2.32. The molecular weight excluding hydrogens is 213 g/mol. The minimum Gasteiger partial charge on any atom is -0.489 e. The number of hydrogen-bond donors (Lipinski definition) is 0. The number of carbonyl (C=O) groups excluding carboxylic acids is 2. The summed E-state index contributed by atoms with van der Waals surface area (Å²) in [5, 5.41) is 0. The summed E-state index contributed by atoms with van der Waals surface area (Å²) in [5.41, 5.74) is 0.0637. The fraction of sp³-hybridized carbons (Fsp3) is 0.273. The molecule has 0 bridgehead atoms. The molecule has 2 rings (SSSR count). The Morgan fingerprint density at radius 1 is 1.56 bits per heavy atom. The number of hydrogen-bond acceptors (Lipinski definition) is 4. The summed E-state index contributed by atoms with van der Waals surface area (Å²) >= 11 is 0. The minimum atomic E-state index is -0.705. The van der Waals surface area contributed by atoms with Crippen LogP contribution in [-0.2, 0) is 4.79 Å². The van der Waals surface area contributed by atoms with Crippen LogP contribution in [0.3, 0.4) is 0 Å². The summed E-state index contributed by atoms with van der Waals surface area (Å²) in [7, 11) is 0. The van der Waals surface area contributed by atoms with Crippen LogP contribution >= 0.6 is 0 Å². The number of nitrogens with zero attached hydrogens (tertiary/aromatic N) is 1. The largest absolute Gasteiger partial charge is 0.489 e. The van der Waals surface area contributed by atoms with E-state index in [0.717, 1.165) is 6.07 Å². The van der Waals surface area contributed by atoms with Gasteiger partial charge in [-0.05, 0) is 13.0 Å². The topological polar surface area (TPSA) is 55.7 Å². The molecule has 82 valence electrons. The van der Waals surface area contributed by atoms with Gasteiger partial charge >= 0.3 is 0 Å². The highest BCUT2D eigenvalue weighted by Crippen LogP contribution is 2.32. The lowest BCUT2D eigenvalue weighted by Crippen LogP contribution is -2.23. The quantitative estimate of drug-likeness (QED) is 0.539. The first-order chi connectivity index (χ1) is 7.61. The Bertz CT molecular complexity index is 506. The van der Waals surface area contributed by atoms with E-state index in [1.165, 1.54) is 12.1 Å². The number of carbonyl (C=O) groups is 1. The van der Waals surface area contributed by atoms with Crippen LogP contribution in [0.4, 0.5) is 10.1 Å². The van der Waals surface area contributed by atoms with Crippen LogP contribution in [0.25, 0.3) is 0 Å². The second kappa shape index (κ2) is 3.87. The van der Waals surface area contributed by atoms with E-state index in [-0.39, 0.29) is 35.3 Å². The first kappa shape index (κ1) is 10.5. The number of aliphatic imine (C=N–C) groups is 1. The van der Waals surface area contributed by atoms with E-state index in [1.807, 2.05) is 0 Å². The first-order valence-corrected chi connectivity index (χ1v) is 4.73. The molecule has 5 heteroatoms. The predicted octanol–water partition coefficient (Wildman–Crippen LogP) is 2.15. The molecule has 1 heterocycles. The number of halogens is 1. The lowest BCUT2D eigenvalue weighted by molar-refractivity contribution is 0.0870. The molecule has 0 N–H and O–H groups in total. The monoisotopic (exact) mass is 221 g/mol. The zero-order valence-corrected chi connectivity index (χ0v) is 8.49. The third-order valence-corrected chi connectivity index (χ3v) is 2.32. The first-order valence-electron chi connectivity index (χ1n) is 4.73. The molecule has 4 nitrogen and oxygen atoms in total. The molecule has 1 aromatic carbocycles. The molecule has 0 saturated heterocycles. The molecule has 0 radical (unpaired) electrons. The lowest BCUT2D eigenvalue weighted by Gasteiger charge is -2.22. The number of ketones is 1. The fourth-order valence-corrected chi connectivity index (χ4v) is 1.62. The van der Waals surface area contributed by atoms with Crippen LogP contribution in [0.2, 0.25) is 0 Å². The summed E-state index contributed by atoms with van der Waals surface area (Å²) in [5.74, 6) is -0.647. The van der Waals surface area contributed by atoms with Gasteiger partial charge in [0, 0.05) is 12.5 Å². The summed E-state index contributed by atoms with van der Waals surface area (Å²) < 4.78 is 18.7. The maximum atomic E-state index is 13.4. The van der Waals surface area contributed by atoms with Crippen molar-refractivity contribution in [3.63, 3.8) is 0 Å². The molecule has 0 saturated carbocycles. The highest BCUT2D eigenvalue weighted by Gasteiger charge is 2.25. The fourth-order valence-electron chi connectivity index (χ4n) is 1.62. The zero-order chi connectivity index (χ0) is 11.7. The Balaban J connectivity index is 2.57. The van der Waals surface area contributed by atoms with E-state index in [1.54, 1.807) is 6.92 Å². The van der Waals surface area contributed by atoms with Crippen LogP contribution < -0.4 is 4.74 Å².